The van der Waals surface area contributed by atoms with Crippen LogP contribution in [0.25, 0.3) is 0 Å². The summed E-state index contributed by atoms with van der Waals surface area (Å²) in [5.74, 6) is 3.00. The molecule has 4 rings (SSSR count). The van der Waals surface area contributed by atoms with Crippen LogP contribution in [-0.2, 0) is 17.8 Å². The van der Waals surface area contributed by atoms with E-state index in [0.717, 1.165) is 30.1 Å². The Bertz CT molecular complexity index is 940. The van der Waals surface area contributed by atoms with Gasteiger partial charge in [-0.25, -0.2) is 9.97 Å². The van der Waals surface area contributed by atoms with Gasteiger partial charge in [-0.05, 0) is 42.2 Å². The maximum Gasteiger partial charge on any atom is 0.245 e. The minimum Gasteiger partial charge on any atom is -0.493 e. The van der Waals surface area contributed by atoms with Gasteiger partial charge >= 0.3 is 0 Å². The molecule has 3 aromatic rings. The van der Waals surface area contributed by atoms with Crippen molar-refractivity contribution >= 4 is 11.7 Å². The number of fused-ring (bicyclic) bond motifs is 1. The number of hydrogen-bond acceptors (Lipinski definition) is 5. The predicted molar refractivity (Wildman–Crippen MR) is 100.0 cm³/mol. The van der Waals surface area contributed by atoms with Gasteiger partial charge in [0.25, 0.3) is 0 Å². The zero-order chi connectivity index (χ0) is 18.6. The van der Waals surface area contributed by atoms with E-state index in [1.807, 2.05) is 18.2 Å². The highest BCUT2D eigenvalue weighted by Crippen LogP contribution is 2.32. The van der Waals surface area contributed by atoms with Crippen LogP contribution in [0.4, 0.5) is 5.82 Å². The second kappa shape index (κ2) is 7.49. The Labute approximate surface area is 157 Å². The van der Waals surface area contributed by atoms with Crippen LogP contribution in [0.2, 0.25) is 0 Å². The Morgan fingerprint density at radius 3 is 3.04 bits per heavy atom. The van der Waals surface area contributed by atoms with Crippen LogP contribution < -0.4 is 14.8 Å². The van der Waals surface area contributed by atoms with Crippen LogP contribution in [0.15, 0.2) is 55.2 Å². The third-order valence-corrected chi connectivity index (χ3v) is 4.24. The number of benzene rings is 1. The molecule has 1 aromatic carbocycles. The largest absolute Gasteiger partial charge is 0.493 e. The van der Waals surface area contributed by atoms with Gasteiger partial charge in [-0.15, -0.1) is 0 Å². The summed E-state index contributed by atoms with van der Waals surface area (Å²) in [7, 11) is 0. The SMILES string of the molecule is CC1COc2ccc(Oc3ccnc(NC(=O)Cn4ccnc4)c3)cc2C1. The van der Waals surface area contributed by atoms with Gasteiger partial charge in [0.1, 0.15) is 29.6 Å². The maximum atomic E-state index is 12.1. The normalized spacial score (nSPS) is 15.5. The highest BCUT2D eigenvalue weighted by molar-refractivity contribution is 5.89. The molecular weight excluding hydrogens is 344 g/mol. The molecule has 1 aliphatic heterocycles. The van der Waals surface area contributed by atoms with Gasteiger partial charge in [0.2, 0.25) is 5.91 Å². The fraction of sp³-hybridized carbons (Fsp3) is 0.250. The van der Waals surface area contributed by atoms with Gasteiger partial charge in [-0.3, -0.25) is 4.79 Å². The van der Waals surface area contributed by atoms with Crippen LogP contribution >= 0.6 is 0 Å². The lowest BCUT2D eigenvalue weighted by Gasteiger charge is -2.22. The molecule has 0 spiro atoms. The number of anilines is 1. The second-order valence-corrected chi connectivity index (χ2v) is 6.65. The minimum atomic E-state index is -0.183. The standard InChI is InChI=1S/C20H20N4O3/c1-14-8-15-9-16(2-3-18(15)26-12-14)27-17-4-5-22-19(10-17)23-20(25)11-24-7-6-21-13-24/h2-7,9-10,13-14H,8,11-12H2,1H3,(H,22,23,25). The predicted octanol–water partition coefficient (Wildman–Crippen LogP) is 3.28. The molecule has 7 heteroatoms. The lowest BCUT2D eigenvalue weighted by atomic mass is 9.98. The third kappa shape index (κ3) is 4.25. The van der Waals surface area contributed by atoms with E-state index in [4.69, 9.17) is 9.47 Å². The summed E-state index contributed by atoms with van der Waals surface area (Å²) in [5, 5.41) is 2.76. The number of pyridine rings is 1. The van der Waals surface area contributed by atoms with E-state index >= 15 is 0 Å². The number of nitrogens with one attached hydrogen (secondary N) is 1. The van der Waals surface area contributed by atoms with Crippen molar-refractivity contribution in [2.75, 3.05) is 11.9 Å². The Hall–Kier alpha value is -3.35. The number of rotatable bonds is 5. The van der Waals surface area contributed by atoms with Gasteiger partial charge in [0.15, 0.2) is 0 Å². The average molecular weight is 364 g/mol. The lowest BCUT2D eigenvalue weighted by Crippen LogP contribution is -2.18. The molecule has 0 fully saturated rings. The molecule has 1 amide bonds. The molecule has 27 heavy (non-hydrogen) atoms. The summed E-state index contributed by atoms with van der Waals surface area (Å²) in [6.45, 7) is 3.09. The number of hydrogen-bond donors (Lipinski definition) is 1. The molecule has 7 nitrogen and oxygen atoms in total. The first-order valence-corrected chi connectivity index (χ1v) is 8.81. The molecule has 2 aromatic heterocycles. The average Bonchev–Trinajstić information content (AvgIpc) is 3.14. The molecule has 1 aliphatic rings. The van der Waals surface area contributed by atoms with E-state index in [9.17, 15) is 4.79 Å². The number of carbonyl (C=O) groups excluding carboxylic acids is 1. The van der Waals surface area contributed by atoms with Crippen LogP contribution in [0.3, 0.4) is 0 Å². The summed E-state index contributed by atoms with van der Waals surface area (Å²) in [6.07, 6.45) is 7.52. The van der Waals surface area contributed by atoms with Crippen molar-refractivity contribution in [2.45, 2.75) is 19.9 Å². The van der Waals surface area contributed by atoms with E-state index < -0.39 is 0 Å². The van der Waals surface area contributed by atoms with Crippen molar-refractivity contribution in [3.8, 4) is 17.2 Å². The van der Waals surface area contributed by atoms with E-state index in [-0.39, 0.29) is 12.5 Å². The van der Waals surface area contributed by atoms with Crippen molar-refractivity contribution in [1.29, 1.82) is 0 Å². The first kappa shape index (κ1) is 17.1. The molecule has 0 saturated heterocycles. The number of ether oxygens (including phenoxy) is 2. The number of imidazole rings is 1. The van der Waals surface area contributed by atoms with Gasteiger partial charge < -0.3 is 19.4 Å². The molecule has 3 heterocycles. The van der Waals surface area contributed by atoms with Crippen molar-refractivity contribution in [3.63, 3.8) is 0 Å². The van der Waals surface area contributed by atoms with Gasteiger partial charge in [-0.2, -0.15) is 0 Å². The molecule has 0 radical (unpaired) electrons. The van der Waals surface area contributed by atoms with Crippen molar-refractivity contribution < 1.29 is 14.3 Å². The highest BCUT2D eigenvalue weighted by Gasteiger charge is 2.17. The highest BCUT2D eigenvalue weighted by atomic mass is 16.5. The molecule has 1 unspecified atom stereocenters. The van der Waals surface area contributed by atoms with Gasteiger partial charge in [-0.1, -0.05) is 6.92 Å². The first-order valence-electron chi connectivity index (χ1n) is 8.81. The molecule has 138 valence electrons. The molecular formula is C20H20N4O3. The summed E-state index contributed by atoms with van der Waals surface area (Å²) < 4.78 is 13.4. The number of nitrogens with zero attached hydrogens (tertiary/aromatic N) is 3. The molecule has 0 bridgehead atoms. The third-order valence-electron chi connectivity index (χ3n) is 4.24. The Balaban J connectivity index is 1.43. The molecule has 1 atom stereocenters. The van der Waals surface area contributed by atoms with Crippen LogP contribution in [0.5, 0.6) is 17.2 Å². The van der Waals surface area contributed by atoms with E-state index in [0.29, 0.717) is 17.5 Å². The summed E-state index contributed by atoms with van der Waals surface area (Å²) >= 11 is 0. The van der Waals surface area contributed by atoms with Crippen molar-refractivity contribution in [2.24, 2.45) is 5.92 Å². The Morgan fingerprint density at radius 1 is 1.30 bits per heavy atom. The monoisotopic (exact) mass is 364 g/mol. The fourth-order valence-corrected chi connectivity index (χ4v) is 2.99. The van der Waals surface area contributed by atoms with Crippen LogP contribution in [-0.4, -0.2) is 27.0 Å². The van der Waals surface area contributed by atoms with Gasteiger partial charge in [0, 0.05) is 24.7 Å². The van der Waals surface area contributed by atoms with Crippen LogP contribution in [0, 0.1) is 5.92 Å². The minimum absolute atomic E-state index is 0.176. The number of carbonyl (C=O) groups is 1. The lowest BCUT2D eigenvalue weighted by molar-refractivity contribution is -0.116. The quantitative estimate of drug-likeness (QED) is 0.752. The molecule has 0 saturated carbocycles. The molecule has 1 N–H and O–H groups in total. The smallest absolute Gasteiger partial charge is 0.245 e. The van der Waals surface area contributed by atoms with Gasteiger partial charge in [0.05, 0.1) is 12.9 Å². The first-order chi connectivity index (χ1) is 13.2. The Kier molecular flexibility index (Phi) is 4.74. The number of amides is 1. The zero-order valence-corrected chi connectivity index (χ0v) is 15.0. The summed E-state index contributed by atoms with van der Waals surface area (Å²) in [6, 6.07) is 9.27. The Morgan fingerprint density at radius 2 is 2.19 bits per heavy atom. The fourth-order valence-electron chi connectivity index (χ4n) is 2.99. The van der Waals surface area contributed by atoms with Crippen molar-refractivity contribution in [1.82, 2.24) is 14.5 Å². The van der Waals surface area contributed by atoms with Crippen LogP contribution in [0.1, 0.15) is 12.5 Å². The molecule has 0 aliphatic carbocycles. The van der Waals surface area contributed by atoms with Crippen molar-refractivity contribution in [3.05, 3.63) is 60.8 Å². The van der Waals surface area contributed by atoms with E-state index in [2.05, 4.69) is 22.2 Å². The summed E-state index contributed by atoms with van der Waals surface area (Å²) in [4.78, 5) is 20.2. The second-order valence-electron chi connectivity index (χ2n) is 6.65. The zero-order valence-electron chi connectivity index (χ0n) is 15.0. The topological polar surface area (TPSA) is 78.3 Å². The maximum absolute atomic E-state index is 12.1. The summed E-state index contributed by atoms with van der Waals surface area (Å²) in [5.41, 5.74) is 1.15. The van der Waals surface area contributed by atoms with E-state index in [1.54, 1.807) is 41.6 Å². The van der Waals surface area contributed by atoms with E-state index in [1.165, 1.54) is 0 Å². The number of aromatic nitrogens is 3.